The number of nitrogens with zero attached hydrogens (tertiary/aromatic N) is 1. The summed E-state index contributed by atoms with van der Waals surface area (Å²) in [6.45, 7) is -0.435. The largest absolute Gasteiger partial charge is 0.493 e. The fourth-order valence-electron chi connectivity index (χ4n) is 3.91. The van der Waals surface area contributed by atoms with E-state index in [0.29, 0.717) is 34.4 Å². The standard InChI is InChI=1S/C25H23NO6/c1-29-20-11-8-15(13-21(20)30-2)12-16-9-10-18-23(25(28)32-14-22(27)31-3)17-6-4-5-7-19(17)26-24(16)18/h4-8,11-13H,9-10,14H2,1-3H3/b16-12+. The molecular formula is C25H23NO6. The molecule has 2 aromatic carbocycles. The molecule has 164 valence electrons. The zero-order valence-corrected chi connectivity index (χ0v) is 18.1. The van der Waals surface area contributed by atoms with Gasteiger partial charge < -0.3 is 18.9 Å². The van der Waals surface area contributed by atoms with Gasteiger partial charge in [-0.2, -0.15) is 0 Å². The predicted octanol–water partition coefficient (Wildman–Crippen LogP) is 4.07. The quantitative estimate of drug-likeness (QED) is 0.542. The van der Waals surface area contributed by atoms with Crippen LogP contribution < -0.4 is 9.47 Å². The summed E-state index contributed by atoms with van der Waals surface area (Å²) >= 11 is 0. The third-order valence-electron chi connectivity index (χ3n) is 5.44. The van der Waals surface area contributed by atoms with Crippen LogP contribution in [0.15, 0.2) is 42.5 Å². The lowest BCUT2D eigenvalue weighted by atomic mass is 10.0. The topological polar surface area (TPSA) is 84.0 Å². The van der Waals surface area contributed by atoms with Gasteiger partial charge in [-0.15, -0.1) is 0 Å². The number of aromatic nitrogens is 1. The number of fused-ring (bicyclic) bond motifs is 2. The van der Waals surface area contributed by atoms with Crippen molar-refractivity contribution in [2.45, 2.75) is 12.8 Å². The molecule has 1 aliphatic carbocycles. The van der Waals surface area contributed by atoms with Crippen molar-refractivity contribution in [1.82, 2.24) is 4.98 Å². The van der Waals surface area contributed by atoms with E-state index in [2.05, 4.69) is 4.74 Å². The molecule has 0 bridgehead atoms. The lowest BCUT2D eigenvalue weighted by Crippen LogP contribution is -2.17. The van der Waals surface area contributed by atoms with Gasteiger partial charge in [0.1, 0.15) is 0 Å². The van der Waals surface area contributed by atoms with Crippen LogP contribution in [0.25, 0.3) is 22.6 Å². The number of allylic oxidation sites excluding steroid dienone is 1. The summed E-state index contributed by atoms with van der Waals surface area (Å²) in [5.74, 6) is 0.125. The summed E-state index contributed by atoms with van der Waals surface area (Å²) in [7, 11) is 4.44. The molecule has 0 spiro atoms. The molecule has 7 heteroatoms. The first-order valence-corrected chi connectivity index (χ1v) is 10.1. The van der Waals surface area contributed by atoms with Crippen molar-refractivity contribution in [3.8, 4) is 11.5 Å². The van der Waals surface area contributed by atoms with E-state index in [1.807, 2.05) is 48.5 Å². The normalized spacial score (nSPS) is 13.7. The minimum absolute atomic E-state index is 0.435. The molecule has 1 aromatic heterocycles. The highest BCUT2D eigenvalue weighted by molar-refractivity contribution is 6.07. The molecule has 0 saturated carbocycles. The Morgan fingerprint density at radius 1 is 1.00 bits per heavy atom. The van der Waals surface area contributed by atoms with E-state index in [9.17, 15) is 9.59 Å². The van der Waals surface area contributed by atoms with E-state index >= 15 is 0 Å². The van der Waals surface area contributed by atoms with Crippen LogP contribution in [-0.2, 0) is 20.7 Å². The Bertz CT molecular complexity index is 1230. The molecule has 0 unspecified atom stereocenters. The van der Waals surface area contributed by atoms with E-state index in [1.165, 1.54) is 7.11 Å². The average Bonchev–Trinajstić information content (AvgIpc) is 3.22. The second-order valence-electron chi connectivity index (χ2n) is 7.27. The van der Waals surface area contributed by atoms with Crippen molar-refractivity contribution in [2.24, 2.45) is 0 Å². The first kappa shape index (κ1) is 21.4. The summed E-state index contributed by atoms with van der Waals surface area (Å²) < 4.78 is 20.5. The smallest absolute Gasteiger partial charge is 0.344 e. The Morgan fingerprint density at radius 3 is 2.53 bits per heavy atom. The Labute approximate surface area is 185 Å². The van der Waals surface area contributed by atoms with Crippen LogP contribution in [0.1, 0.15) is 33.6 Å². The molecule has 0 fully saturated rings. The average molecular weight is 433 g/mol. The molecule has 0 N–H and O–H groups in total. The van der Waals surface area contributed by atoms with Gasteiger partial charge in [0.15, 0.2) is 18.1 Å². The number of hydrogen-bond acceptors (Lipinski definition) is 7. The molecule has 1 aliphatic rings. The molecule has 7 nitrogen and oxygen atoms in total. The Hall–Kier alpha value is -3.87. The molecule has 0 radical (unpaired) electrons. The Kier molecular flexibility index (Phi) is 6.07. The van der Waals surface area contributed by atoms with E-state index in [-0.39, 0.29) is 0 Å². The number of para-hydroxylation sites is 1. The first-order chi connectivity index (χ1) is 15.5. The van der Waals surface area contributed by atoms with E-state index < -0.39 is 18.5 Å². The molecule has 0 saturated heterocycles. The van der Waals surface area contributed by atoms with Crippen molar-refractivity contribution in [3.63, 3.8) is 0 Å². The first-order valence-electron chi connectivity index (χ1n) is 10.1. The van der Waals surface area contributed by atoms with Crippen molar-refractivity contribution in [1.29, 1.82) is 0 Å². The summed E-state index contributed by atoms with van der Waals surface area (Å²) in [6, 6.07) is 13.1. The number of benzene rings is 2. The minimum Gasteiger partial charge on any atom is -0.493 e. The maximum absolute atomic E-state index is 13.0. The molecule has 32 heavy (non-hydrogen) atoms. The fourth-order valence-corrected chi connectivity index (χ4v) is 3.91. The molecule has 0 aliphatic heterocycles. The zero-order chi connectivity index (χ0) is 22.7. The van der Waals surface area contributed by atoms with Gasteiger partial charge in [0.2, 0.25) is 0 Å². The van der Waals surface area contributed by atoms with Gasteiger partial charge in [-0.1, -0.05) is 24.3 Å². The zero-order valence-electron chi connectivity index (χ0n) is 18.1. The number of carbonyl (C=O) groups excluding carboxylic acids is 2. The molecule has 0 amide bonds. The van der Waals surface area contributed by atoms with Gasteiger partial charge >= 0.3 is 11.9 Å². The van der Waals surface area contributed by atoms with Crippen molar-refractivity contribution in [3.05, 3.63) is 64.8 Å². The van der Waals surface area contributed by atoms with Crippen molar-refractivity contribution >= 4 is 34.5 Å². The molecule has 1 heterocycles. The highest BCUT2D eigenvalue weighted by atomic mass is 16.6. The number of pyridine rings is 1. The highest BCUT2D eigenvalue weighted by Gasteiger charge is 2.28. The van der Waals surface area contributed by atoms with Crippen molar-refractivity contribution in [2.75, 3.05) is 27.9 Å². The lowest BCUT2D eigenvalue weighted by molar-refractivity contribution is -0.144. The maximum atomic E-state index is 13.0. The number of esters is 2. The van der Waals surface area contributed by atoms with Crippen LogP contribution in [-0.4, -0.2) is 44.9 Å². The van der Waals surface area contributed by atoms with Gasteiger partial charge in [0.25, 0.3) is 0 Å². The van der Waals surface area contributed by atoms with E-state index in [0.717, 1.165) is 28.8 Å². The third-order valence-corrected chi connectivity index (χ3v) is 5.44. The van der Waals surface area contributed by atoms with Crippen LogP contribution in [0.5, 0.6) is 11.5 Å². The van der Waals surface area contributed by atoms with Gasteiger partial charge in [-0.25, -0.2) is 14.6 Å². The SMILES string of the molecule is COC(=O)COC(=O)c1c2c(nc3ccccc13)/C(=C/c1ccc(OC)c(OC)c1)CC2. The lowest BCUT2D eigenvalue weighted by Gasteiger charge is -2.12. The second kappa shape index (κ2) is 9.09. The fraction of sp³-hybridized carbons (Fsp3) is 0.240. The van der Waals surface area contributed by atoms with Gasteiger partial charge in [-0.05, 0) is 53.8 Å². The van der Waals surface area contributed by atoms with Crippen molar-refractivity contribution < 1.29 is 28.5 Å². The van der Waals surface area contributed by atoms with Crippen LogP contribution in [0.4, 0.5) is 0 Å². The number of carbonyl (C=O) groups is 2. The molecular weight excluding hydrogens is 410 g/mol. The van der Waals surface area contributed by atoms with Crippen LogP contribution in [0, 0.1) is 0 Å². The van der Waals surface area contributed by atoms with Gasteiger partial charge in [0.05, 0.1) is 38.1 Å². The summed E-state index contributed by atoms with van der Waals surface area (Å²) in [5.41, 5.74) is 4.69. The van der Waals surface area contributed by atoms with E-state index in [1.54, 1.807) is 14.2 Å². The highest BCUT2D eigenvalue weighted by Crippen LogP contribution is 2.38. The molecule has 0 atom stereocenters. The summed E-state index contributed by atoms with van der Waals surface area (Å²) in [5, 5.41) is 0.702. The summed E-state index contributed by atoms with van der Waals surface area (Å²) in [6.07, 6.45) is 3.42. The Morgan fingerprint density at radius 2 is 1.78 bits per heavy atom. The van der Waals surface area contributed by atoms with Gasteiger partial charge in [-0.3, -0.25) is 0 Å². The monoisotopic (exact) mass is 433 g/mol. The third kappa shape index (κ3) is 4.01. The molecule has 4 rings (SSSR count). The Balaban J connectivity index is 1.78. The van der Waals surface area contributed by atoms with Crippen LogP contribution in [0.2, 0.25) is 0 Å². The number of rotatable bonds is 6. The van der Waals surface area contributed by atoms with Gasteiger partial charge in [0, 0.05) is 5.39 Å². The maximum Gasteiger partial charge on any atom is 0.344 e. The number of hydrogen-bond donors (Lipinski definition) is 0. The second-order valence-corrected chi connectivity index (χ2v) is 7.27. The van der Waals surface area contributed by atoms with Crippen LogP contribution >= 0.6 is 0 Å². The predicted molar refractivity (Wildman–Crippen MR) is 120 cm³/mol. The van der Waals surface area contributed by atoms with Crippen LogP contribution in [0.3, 0.4) is 0 Å². The number of ether oxygens (including phenoxy) is 4. The van der Waals surface area contributed by atoms with E-state index in [4.69, 9.17) is 19.2 Å². The molecule has 3 aromatic rings. The summed E-state index contributed by atoms with van der Waals surface area (Å²) in [4.78, 5) is 29.2. The minimum atomic E-state index is -0.609. The number of methoxy groups -OCH3 is 3.